The van der Waals surface area contributed by atoms with Gasteiger partial charge in [0.1, 0.15) is 12.7 Å². The van der Waals surface area contributed by atoms with Crippen LogP contribution >= 0.6 is 0 Å². The van der Waals surface area contributed by atoms with Crippen molar-refractivity contribution in [1.82, 2.24) is 0 Å². The lowest BCUT2D eigenvalue weighted by Crippen LogP contribution is -2.79. The molecule has 0 radical (unpaired) electrons. The van der Waals surface area contributed by atoms with E-state index in [-0.39, 0.29) is 25.0 Å². The van der Waals surface area contributed by atoms with E-state index in [0.29, 0.717) is 62.7 Å². The number of aliphatic hydroxyl groups excluding tert-OH is 2. The van der Waals surface area contributed by atoms with Gasteiger partial charge >= 0.3 is 11.9 Å². The number of benzene rings is 2. The van der Waals surface area contributed by atoms with Crippen LogP contribution in [0.2, 0.25) is 0 Å². The van der Waals surface area contributed by atoms with Crippen LogP contribution in [0.15, 0.2) is 72.3 Å². The third-order valence-electron chi connectivity index (χ3n) is 17.7. The fourth-order valence-corrected chi connectivity index (χ4v) is 14.4. The molecule has 2 aromatic rings. The number of cyclic esters (lactones) is 1. The minimum Gasteiger partial charge on any atom is -0.462 e. The molecule has 1 unspecified atom stereocenters. The lowest BCUT2D eigenvalue weighted by molar-refractivity contribution is -0.339. The van der Waals surface area contributed by atoms with Crippen LogP contribution in [0.25, 0.3) is 0 Å². The summed E-state index contributed by atoms with van der Waals surface area (Å²) in [5.41, 5.74) is -2.09. The van der Waals surface area contributed by atoms with Crippen molar-refractivity contribution in [2.45, 2.75) is 180 Å². The zero-order valence-electron chi connectivity index (χ0n) is 37.9. The number of esters is 2. The molecular formula is C55H74O7. The third-order valence-corrected chi connectivity index (χ3v) is 17.7. The summed E-state index contributed by atoms with van der Waals surface area (Å²) in [7, 11) is 0. The van der Waals surface area contributed by atoms with Crippen molar-refractivity contribution in [2.75, 3.05) is 6.61 Å². The summed E-state index contributed by atoms with van der Waals surface area (Å²) in [6.45, 7) is 6.79. The van der Waals surface area contributed by atoms with Gasteiger partial charge in [0.2, 0.25) is 0 Å². The Morgan fingerprint density at radius 1 is 0.839 bits per heavy atom. The Morgan fingerprint density at radius 3 is 2.27 bits per heavy atom. The normalized spacial score (nSPS) is 37.0. The van der Waals surface area contributed by atoms with E-state index in [1.54, 1.807) is 0 Å². The molecular weight excluding hydrogens is 773 g/mol. The van der Waals surface area contributed by atoms with E-state index >= 15 is 4.79 Å². The number of aliphatic hydroxyl groups is 3. The largest absolute Gasteiger partial charge is 0.462 e. The van der Waals surface area contributed by atoms with Gasteiger partial charge in [-0.1, -0.05) is 119 Å². The maximum absolute atomic E-state index is 15.3. The summed E-state index contributed by atoms with van der Waals surface area (Å²) < 4.78 is 12.5. The molecule has 8 rings (SSSR count). The van der Waals surface area contributed by atoms with Gasteiger partial charge in [-0.2, -0.15) is 0 Å². The second-order valence-corrected chi connectivity index (χ2v) is 21.5. The van der Waals surface area contributed by atoms with Crippen molar-refractivity contribution in [1.29, 1.82) is 0 Å². The summed E-state index contributed by atoms with van der Waals surface area (Å²) >= 11 is 0. The van der Waals surface area contributed by atoms with E-state index in [0.717, 1.165) is 82.6 Å². The molecule has 4 fully saturated rings. The van der Waals surface area contributed by atoms with Crippen LogP contribution < -0.4 is 0 Å². The lowest BCUT2D eigenvalue weighted by Gasteiger charge is -2.72. The number of carbonyl (C=O) groups excluding carboxylic acids is 2. The SMILES string of the molecule is C[C@H](CCCc1ccccc1)CC[C@H](O)[C@]12C([C@@H]3C[C@](C)(C#CC[C@]4(CCC[C@@H](Cc5ccccc5)C4)C(=O)O3)[C@]1(O)CCC1=CC(=O)OC1)[C@](C)(C1CCCCC1)CC[C@@H]2O. The van der Waals surface area contributed by atoms with Gasteiger partial charge in [0.05, 0.1) is 34.1 Å². The molecule has 3 N–H and O–H groups in total. The van der Waals surface area contributed by atoms with E-state index in [2.05, 4.69) is 74.2 Å². The van der Waals surface area contributed by atoms with Crippen LogP contribution in [0.4, 0.5) is 0 Å². The van der Waals surface area contributed by atoms with Gasteiger partial charge in [0.25, 0.3) is 0 Å². The highest BCUT2D eigenvalue weighted by Crippen LogP contribution is 2.72. The smallest absolute Gasteiger partial charge is 0.331 e. The molecule has 7 heteroatoms. The predicted octanol–water partition coefficient (Wildman–Crippen LogP) is 10.3. The first-order valence-electron chi connectivity index (χ1n) is 24.6. The minimum atomic E-state index is -1.70. The minimum absolute atomic E-state index is 0.173. The summed E-state index contributed by atoms with van der Waals surface area (Å²) in [5.74, 6) is 7.09. The summed E-state index contributed by atoms with van der Waals surface area (Å²) in [6.07, 6.45) is 15.1. The second kappa shape index (κ2) is 18.6. The molecule has 0 saturated heterocycles. The Hall–Kier alpha value is -3.44. The monoisotopic (exact) mass is 847 g/mol. The molecule has 6 aliphatic rings. The lowest BCUT2D eigenvalue weighted by atomic mass is 9.35. The average molecular weight is 847 g/mol. The van der Waals surface area contributed by atoms with E-state index in [4.69, 9.17) is 9.47 Å². The van der Waals surface area contributed by atoms with E-state index in [1.807, 2.05) is 19.1 Å². The molecule has 2 bridgehead atoms. The van der Waals surface area contributed by atoms with Crippen molar-refractivity contribution in [3.8, 4) is 11.8 Å². The molecule has 0 aromatic heterocycles. The molecule has 2 aliphatic heterocycles. The number of hydrogen-bond donors (Lipinski definition) is 3. The van der Waals surface area contributed by atoms with Crippen molar-refractivity contribution in [2.24, 2.45) is 45.3 Å². The Labute approximate surface area is 371 Å². The first kappa shape index (κ1) is 45.1. The Balaban J connectivity index is 1.20. The highest BCUT2D eigenvalue weighted by molar-refractivity contribution is 5.85. The number of rotatable bonds is 14. The fourth-order valence-electron chi connectivity index (χ4n) is 14.4. The summed E-state index contributed by atoms with van der Waals surface area (Å²) in [6, 6.07) is 21.1. The van der Waals surface area contributed by atoms with Crippen LogP contribution in [0, 0.1) is 57.2 Å². The molecule has 0 amide bonds. The molecule has 1 spiro atoms. The van der Waals surface area contributed by atoms with Gasteiger partial charge in [-0.15, -0.1) is 5.92 Å². The van der Waals surface area contributed by atoms with Gasteiger partial charge in [0, 0.05) is 24.8 Å². The number of hydrogen-bond acceptors (Lipinski definition) is 7. The Kier molecular flexibility index (Phi) is 13.5. The summed E-state index contributed by atoms with van der Waals surface area (Å²) in [4.78, 5) is 27.6. The maximum Gasteiger partial charge on any atom is 0.331 e. The number of fused-ring (bicyclic) bond motifs is 4. The zero-order valence-corrected chi connectivity index (χ0v) is 37.9. The van der Waals surface area contributed by atoms with Gasteiger partial charge < -0.3 is 24.8 Å². The molecule has 336 valence electrons. The first-order valence-corrected chi connectivity index (χ1v) is 24.6. The van der Waals surface area contributed by atoms with Crippen molar-refractivity contribution < 1.29 is 34.4 Å². The molecule has 62 heavy (non-hydrogen) atoms. The van der Waals surface area contributed by atoms with Gasteiger partial charge in [-0.05, 0) is 130 Å². The molecule has 4 aliphatic carbocycles. The van der Waals surface area contributed by atoms with E-state index < -0.39 is 51.5 Å². The molecule has 2 heterocycles. The van der Waals surface area contributed by atoms with Crippen LogP contribution in [0.5, 0.6) is 0 Å². The van der Waals surface area contributed by atoms with Crippen LogP contribution in [-0.2, 0) is 31.9 Å². The Bertz CT molecular complexity index is 1960. The topological polar surface area (TPSA) is 113 Å². The molecule has 2 aromatic carbocycles. The van der Waals surface area contributed by atoms with Crippen LogP contribution in [0.3, 0.4) is 0 Å². The highest BCUT2D eigenvalue weighted by atomic mass is 16.5. The van der Waals surface area contributed by atoms with Crippen LogP contribution in [-0.4, -0.2) is 57.8 Å². The third kappa shape index (κ3) is 8.47. The van der Waals surface area contributed by atoms with Crippen LogP contribution in [0.1, 0.15) is 154 Å². The number of ether oxygens (including phenoxy) is 2. The molecule has 7 nitrogen and oxygen atoms in total. The maximum atomic E-state index is 15.3. The van der Waals surface area contributed by atoms with Gasteiger partial charge in [-0.3, -0.25) is 4.79 Å². The zero-order chi connectivity index (χ0) is 43.6. The Morgan fingerprint density at radius 2 is 1.56 bits per heavy atom. The molecule has 4 saturated carbocycles. The summed E-state index contributed by atoms with van der Waals surface area (Å²) in [5, 5.41) is 40.7. The predicted molar refractivity (Wildman–Crippen MR) is 242 cm³/mol. The second-order valence-electron chi connectivity index (χ2n) is 21.5. The molecule has 11 atom stereocenters. The van der Waals surface area contributed by atoms with Gasteiger partial charge in [0.15, 0.2) is 0 Å². The van der Waals surface area contributed by atoms with Crippen molar-refractivity contribution in [3.05, 3.63) is 83.4 Å². The van der Waals surface area contributed by atoms with Crippen molar-refractivity contribution in [3.63, 3.8) is 0 Å². The van der Waals surface area contributed by atoms with Crippen molar-refractivity contribution >= 4 is 11.9 Å². The highest BCUT2D eigenvalue weighted by Gasteiger charge is 2.78. The fraction of sp³-hybridized carbons (Fsp3) is 0.673. The standard InChI is InChI=1S/C55H74O7/c1-39(16-13-21-40-17-7-4-8-18-40)25-26-46(56)55-47(57)28-32-52(3,44-23-11-6-12-24-44)49(55)45-37-51(2,54(55,60)33-27-43-35-48(58)61-38-43)29-15-31-53(50(59)62-45)30-14-22-42(36-53)34-41-19-9-5-10-20-41/h4-5,7-10,17-20,35,39,42,44-47,49,56-57,60H,6,11-14,16,21-28,30-34,36-38H2,1-3H3/t39-,42+,45+,46+,47+,49?,51+,52+,53+,54-,55+/m1/s1. The van der Waals surface area contributed by atoms with E-state index in [9.17, 15) is 20.1 Å². The van der Waals surface area contributed by atoms with E-state index in [1.165, 1.54) is 23.6 Å². The first-order chi connectivity index (χ1) is 29.8. The van der Waals surface area contributed by atoms with Gasteiger partial charge in [-0.25, -0.2) is 4.79 Å². The quantitative estimate of drug-likeness (QED) is 0.128. The number of carbonyl (C=O) groups is 2. The number of aryl methyl sites for hydroxylation is 1. The average Bonchev–Trinajstić information content (AvgIpc) is 3.71.